The molecule has 1 aliphatic heterocycles. The summed E-state index contributed by atoms with van der Waals surface area (Å²) in [6.45, 7) is 0.317. The molecule has 22 heavy (non-hydrogen) atoms. The molecule has 0 spiro atoms. The van der Waals surface area contributed by atoms with Gasteiger partial charge >= 0.3 is 5.97 Å². The second kappa shape index (κ2) is 6.81. The zero-order valence-electron chi connectivity index (χ0n) is 12.7. The predicted octanol–water partition coefficient (Wildman–Crippen LogP) is 2.25. The molecule has 3 rings (SSSR count). The molecule has 0 atom stereocenters. The number of ether oxygens (including phenoxy) is 1. The van der Waals surface area contributed by atoms with Crippen molar-refractivity contribution in [2.45, 2.75) is 44.6 Å². The van der Waals surface area contributed by atoms with E-state index in [4.69, 9.17) is 4.74 Å². The van der Waals surface area contributed by atoms with E-state index in [-0.39, 0.29) is 31.0 Å². The third-order valence-electron chi connectivity index (χ3n) is 4.30. The van der Waals surface area contributed by atoms with Gasteiger partial charge in [0.05, 0.1) is 12.2 Å². The minimum absolute atomic E-state index is 0.0172. The van der Waals surface area contributed by atoms with Gasteiger partial charge in [-0.15, -0.1) is 0 Å². The van der Waals surface area contributed by atoms with Crippen LogP contribution in [0.1, 0.15) is 38.5 Å². The Morgan fingerprint density at radius 3 is 2.68 bits per heavy atom. The summed E-state index contributed by atoms with van der Waals surface area (Å²) in [7, 11) is 0. The average Bonchev–Trinajstić information content (AvgIpc) is 2.75. The fourth-order valence-electron chi connectivity index (χ4n) is 3.21. The normalized spacial score (nSPS) is 19.1. The second-order valence-corrected chi connectivity index (χ2v) is 6.05. The van der Waals surface area contributed by atoms with Crippen LogP contribution in [-0.2, 0) is 9.59 Å². The predicted molar refractivity (Wildman–Crippen MR) is 83.9 cm³/mol. The van der Waals surface area contributed by atoms with Gasteiger partial charge in [-0.25, -0.2) is 4.79 Å². The fourth-order valence-corrected chi connectivity index (χ4v) is 3.21. The first-order chi connectivity index (χ1) is 10.7. The maximum atomic E-state index is 12.3. The Morgan fingerprint density at radius 1 is 1.18 bits per heavy atom. The van der Waals surface area contributed by atoms with E-state index in [0.717, 1.165) is 18.5 Å². The van der Waals surface area contributed by atoms with Gasteiger partial charge in [-0.2, -0.15) is 0 Å². The molecule has 0 saturated heterocycles. The standard InChI is InChI=1S/C17H22N2O3/c20-16(18-13-7-3-1-2-4-8-13)11-19-12-17(21)22-15-10-6-5-9-14(15)19/h5-6,9-10,13H,1-4,7-8,11-12H2,(H,18,20). The average molecular weight is 302 g/mol. The van der Waals surface area contributed by atoms with Crippen molar-refractivity contribution < 1.29 is 14.3 Å². The number of carbonyl (C=O) groups excluding carboxylic acids is 2. The summed E-state index contributed by atoms with van der Waals surface area (Å²) in [6, 6.07) is 7.61. The van der Waals surface area contributed by atoms with Crippen molar-refractivity contribution in [3.05, 3.63) is 24.3 Å². The molecule has 0 radical (unpaired) electrons. The summed E-state index contributed by atoms with van der Waals surface area (Å²) >= 11 is 0. The lowest BCUT2D eigenvalue weighted by Crippen LogP contribution is -2.45. The lowest BCUT2D eigenvalue weighted by molar-refractivity contribution is -0.133. The van der Waals surface area contributed by atoms with E-state index >= 15 is 0 Å². The Kier molecular flexibility index (Phi) is 4.61. The number of rotatable bonds is 3. The maximum Gasteiger partial charge on any atom is 0.331 e. The number of para-hydroxylation sites is 2. The van der Waals surface area contributed by atoms with E-state index in [0.29, 0.717) is 5.75 Å². The third kappa shape index (κ3) is 3.59. The van der Waals surface area contributed by atoms with E-state index in [2.05, 4.69) is 5.32 Å². The molecule has 1 saturated carbocycles. The number of anilines is 1. The van der Waals surface area contributed by atoms with Crippen molar-refractivity contribution >= 4 is 17.6 Å². The zero-order valence-corrected chi connectivity index (χ0v) is 12.7. The van der Waals surface area contributed by atoms with Crippen LogP contribution in [0.15, 0.2) is 24.3 Å². The molecule has 1 aromatic rings. The maximum absolute atomic E-state index is 12.3. The van der Waals surface area contributed by atoms with Crippen LogP contribution in [0, 0.1) is 0 Å². The summed E-state index contributed by atoms with van der Waals surface area (Å²) in [5, 5.41) is 3.12. The molecule has 2 aliphatic rings. The Morgan fingerprint density at radius 2 is 1.91 bits per heavy atom. The number of benzene rings is 1. The minimum Gasteiger partial charge on any atom is -0.423 e. The van der Waals surface area contributed by atoms with E-state index in [1.54, 1.807) is 11.0 Å². The van der Waals surface area contributed by atoms with Gasteiger partial charge in [-0.1, -0.05) is 37.8 Å². The Hall–Kier alpha value is -2.04. The Balaban J connectivity index is 1.62. The van der Waals surface area contributed by atoms with Gasteiger partial charge in [0.1, 0.15) is 6.54 Å². The van der Waals surface area contributed by atoms with E-state index in [1.165, 1.54) is 25.7 Å². The van der Waals surface area contributed by atoms with Crippen LogP contribution in [-0.4, -0.2) is 31.0 Å². The highest BCUT2D eigenvalue weighted by atomic mass is 16.5. The van der Waals surface area contributed by atoms with Gasteiger partial charge in [0, 0.05) is 6.04 Å². The number of esters is 1. The summed E-state index contributed by atoms with van der Waals surface area (Å²) in [6.07, 6.45) is 7.01. The van der Waals surface area contributed by atoms with Crippen molar-refractivity contribution in [3.8, 4) is 5.75 Å². The van der Waals surface area contributed by atoms with Crippen molar-refractivity contribution in [2.75, 3.05) is 18.0 Å². The van der Waals surface area contributed by atoms with Crippen LogP contribution in [0.25, 0.3) is 0 Å². The highest BCUT2D eigenvalue weighted by Crippen LogP contribution is 2.31. The summed E-state index contributed by atoms with van der Waals surface area (Å²) in [5.41, 5.74) is 0.804. The molecule has 118 valence electrons. The molecule has 5 heteroatoms. The lowest BCUT2D eigenvalue weighted by Gasteiger charge is -2.29. The monoisotopic (exact) mass is 302 g/mol. The highest BCUT2D eigenvalue weighted by molar-refractivity contribution is 5.89. The number of carbonyl (C=O) groups is 2. The van der Waals surface area contributed by atoms with E-state index in [9.17, 15) is 9.59 Å². The number of nitrogens with one attached hydrogen (secondary N) is 1. The number of fused-ring (bicyclic) bond motifs is 1. The highest BCUT2D eigenvalue weighted by Gasteiger charge is 2.26. The van der Waals surface area contributed by atoms with Gasteiger partial charge in [0.2, 0.25) is 5.91 Å². The largest absolute Gasteiger partial charge is 0.423 e. The molecular formula is C17H22N2O3. The summed E-state index contributed by atoms with van der Waals surface area (Å²) < 4.78 is 5.20. The molecule has 1 fully saturated rings. The van der Waals surface area contributed by atoms with Crippen molar-refractivity contribution in [2.24, 2.45) is 0 Å². The summed E-state index contributed by atoms with van der Waals surface area (Å²) in [5.74, 6) is 0.193. The first-order valence-electron chi connectivity index (χ1n) is 8.06. The number of hydrogen-bond acceptors (Lipinski definition) is 4. The SMILES string of the molecule is O=C(CN1CC(=O)Oc2ccccc21)NC1CCCCCC1. The van der Waals surface area contributed by atoms with Crippen molar-refractivity contribution in [1.82, 2.24) is 5.32 Å². The number of hydrogen-bond donors (Lipinski definition) is 1. The molecule has 1 heterocycles. The third-order valence-corrected chi connectivity index (χ3v) is 4.30. The first-order valence-corrected chi connectivity index (χ1v) is 8.06. The van der Waals surface area contributed by atoms with Crippen molar-refractivity contribution in [3.63, 3.8) is 0 Å². The van der Waals surface area contributed by atoms with Crippen LogP contribution in [0.3, 0.4) is 0 Å². The molecule has 1 aliphatic carbocycles. The lowest BCUT2D eigenvalue weighted by atomic mass is 10.1. The molecule has 1 aromatic carbocycles. The number of amides is 1. The van der Waals surface area contributed by atoms with E-state index < -0.39 is 0 Å². The van der Waals surface area contributed by atoms with Gasteiger partial charge in [-0.3, -0.25) is 4.79 Å². The fraction of sp³-hybridized carbons (Fsp3) is 0.529. The second-order valence-electron chi connectivity index (χ2n) is 6.05. The van der Waals surface area contributed by atoms with E-state index in [1.807, 2.05) is 18.2 Å². The van der Waals surface area contributed by atoms with Crippen LogP contribution in [0.5, 0.6) is 5.75 Å². The van der Waals surface area contributed by atoms with Crippen LogP contribution in [0.2, 0.25) is 0 Å². The van der Waals surface area contributed by atoms with Crippen LogP contribution >= 0.6 is 0 Å². The van der Waals surface area contributed by atoms with Gasteiger partial charge in [-0.05, 0) is 25.0 Å². The zero-order chi connectivity index (χ0) is 15.4. The molecule has 1 amide bonds. The molecule has 0 bridgehead atoms. The van der Waals surface area contributed by atoms with Gasteiger partial charge < -0.3 is 15.0 Å². The molecule has 5 nitrogen and oxygen atoms in total. The van der Waals surface area contributed by atoms with Crippen molar-refractivity contribution in [1.29, 1.82) is 0 Å². The van der Waals surface area contributed by atoms with Crippen LogP contribution in [0.4, 0.5) is 5.69 Å². The Bertz CT molecular complexity index is 551. The molecular weight excluding hydrogens is 280 g/mol. The molecule has 1 N–H and O–H groups in total. The molecule has 0 aromatic heterocycles. The van der Waals surface area contributed by atoms with Gasteiger partial charge in [0.15, 0.2) is 5.75 Å². The summed E-state index contributed by atoms with van der Waals surface area (Å²) in [4.78, 5) is 25.7. The molecule has 0 unspecified atom stereocenters. The van der Waals surface area contributed by atoms with Gasteiger partial charge in [0.25, 0.3) is 0 Å². The number of nitrogens with zero attached hydrogens (tertiary/aromatic N) is 1. The topological polar surface area (TPSA) is 58.6 Å². The minimum atomic E-state index is -0.319. The Labute approximate surface area is 130 Å². The van der Waals surface area contributed by atoms with Crippen LogP contribution < -0.4 is 15.0 Å². The smallest absolute Gasteiger partial charge is 0.331 e. The first kappa shape index (κ1) is 14.9. The quantitative estimate of drug-likeness (QED) is 0.528.